The Morgan fingerprint density at radius 2 is 2.22 bits per heavy atom. The summed E-state index contributed by atoms with van der Waals surface area (Å²) in [7, 11) is 0. The van der Waals surface area contributed by atoms with Crippen molar-refractivity contribution in [3.05, 3.63) is 0 Å². The molecular weight excluding hydrogens is 138 g/mol. The molecule has 4 heteroatoms. The summed E-state index contributed by atoms with van der Waals surface area (Å²) in [6.45, 7) is 0. The SMILES string of the molecule is O=CNC1(C(=O)S)C#C1. The molecule has 0 aromatic heterocycles. The van der Waals surface area contributed by atoms with E-state index in [9.17, 15) is 9.59 Å². The van der Waals surface area contributed by atoms with Crippen LogP contribution in [0.1, 0.15) is 0 Å². The summed E-state index contributed by atoms with van der Waals surface area (Å²) >= 11 is 3.49. The zero-order valence-corrected chi connectivity index (χ0v) is 5.24. The van der Waals surface area contributed by atoms with E-state index in [2.05, 4.69) is 29.8 Å². The lowest BCUT2D eigenvalue weighted by Crippen LogP contribution is -2.39. The molecule has 0 radical (unpaired) electrons. The molecule has 1 rings (SSSR count). The van der Waals surface area contributed by atoms with Crippen molar-refractivity contribution in [2.24, 2.45) is 0 Å². The Labute approximate surface area is 57.2 Å². The fraction of sp³-hybridized carbons (Fsp3) is 0.200. The zero-order chi connectivity index (χ0) is 6.91. The molecule has 0 bridgehead atoms. The van der Waals surface area contributed by atoms with Gasteiger partial charge in [-0.05, 0) is 11.8 Å². The van der Waals surface area contributed by atoms with Crippen LogP contribution in [0.25, 0.3) is 0 Å². The van der Waals surface area contributed by atoms with Gasteiger partial charge in [0.1, 0.15) is 0 Å². The predicted octanol–water partition coefficient (Wildman–Crippen LogP) is -1.06. The third-order valence-corrected chi connectivity index (χ3v) is 1.31. The van der Waals surface area contributed by atoms with Gasteiger partial charge in [-0.3, -0.25) is 9.59 Å². The Hall–Kier alpha value is -0.950. The van der Waals surface area contributed by atoms with Crippen LogP contribution in [0.4, 0.5) is 0 Å². The highest BCUT2D eigenvalue weighted by Crippen LogP contribution is 2.15. The summed E-state index contributed by atoms with van der Waals surface area (Å²) in [4.78, 5) is 20.2. The standard InChI is InChI=1S/C5H3NO2S/c7-3-6-5(1-2-5)4(8)9/h3H,(H,6,7)(H,8,9). The summed E-state index contributed by atoms with van der Waals surface area (Å²) in [6.07, 6.45) is 0.418. The van der Waals surface area contributed by atoms with Gasteiger partial charge in [0.05, 0.1) is 0 Å². The minimum Gasteiger partial charge on any atom is -0.325 e. The quantitative estimate of drug-likeness (QED) is 0.299. The average molecular weight is 141 g/mol. The number of thiol groups is 1. The van der Waals surface area contributed by atoms with Crippen LogP contribution < -0.4 is 5.32 Å². The summed E-state index contributed by atoms with van der Waals surface area (Å²) in [5.74, 6) is 4.86. The lowest BCUT2D eigenvalue weighted by Gasteiger charge is -2.04. The van der Waals surface area contributed by atoms with E-state index in [1.165, 1.54) is 0 Å². The number of rotatable bonds is 3. The Morgan fingerprint density at radius 1 is 1.67 bits per heavy atom. The first-order valence-electron chi connectivity index (χ1n) is 2.20. The van der Waals surface area contributed by atoms with Gasteiger partial charge >= 0.3 is 0 Å². The molecule has 1 N–H and O–H groups in total. The normalized spacial score (nSPS) is 17.0. The maximum atomic E-state index is 10.4. The number of hydrogen-bond acceptors (Lipinski definition) is 2. The van der Waals surface area contributed by atoms with Crippen molar-refractivity contribution >= 4 is 24.2 Å². The third-order valence-electron chi connectivity index (χ3n) is 0.971. The Morgan fingerprint density at radius 3 is 2.33 bits per heavy atom. The van der Waals surface area contributed by atoms with Crippen molar-refractivity contribution in [3.8, 4) is 11.8 Å². The summed E-state index contributed by atoms with van der Waals surface area (Å²) in [6, 6.07) is 0. The third kappa shape index (κ3) is 0.911. The van der Waals surface area contributed by atoms with Crippen molar-refractivity contribution in [1.82, 2.24) is 5.32 Å². The van der Waals surface area contributed by atoms with Crippen molar-refractivity contribution in [1.29, 1.82) is 0 Å². The highest BCUT2D eigenvalue weighted by molar-refractivity contribution is 7.97. The van der Waals surface area contributed by atoms with Crippen LogP contribution in [0.3, 0.4) is 0 Å². The lowest BCUT2D eigenvalue weighted by atomic mass is 10.2. The van der Waals surface area contributed by atoms with Gasteiger partial charge in [0, 0.05) is 0 Å². The van der Waals surface area contributed by atoms with E-state index in [4.69, 9.17) is 0 Å². The van der Waals surface area contributed by atoms with Crippen LogP contribution in [0, 0.1) is 11.8 Å². The van der Waals surface area contributed by atoms with Gasteiger partial charge in [-0.1, -0.05) is 0 Å². The van der Waals surface area contributed by atoms with E-state index in [-0.39, 0.29) is 0 Å². The van der Waals surface area contributed by atoms with Gasteiger partial charge in [-0.15, -0.1) is 12.6 Å². The second-order valence-electron chi connectivity index (χ2n) is 1.57. The first-order valence-corrected chi connectivity index (χ1v) is 2.65. The summed E-state index contributed by atoms with van der Waals surface area (Å²) in [5, 5.41) is 1.74. The van der Waals surface area contributed by atoms with Crippen molar-refractivity contribution in [2.45, 2.75) is 5.54 Å². The molecule has 0 aromatic carbocycles. The van der Waals surface area contributed by atoms with E-state index in [0.29, 0.717) is 6.41 Å². The van der Waals surface area contributed by atoms with E-state index >= 15 is 0 Å². The number of carbonyl (C=O) groups excluding carboxylic acids is 2. The maximum absolute atomic E-state index is 10.4. The predicted molar refractivity (Wildman–Crippen MR) is 33.7 cm³/mol. The molecule has 0 heterocycles. The minimum atomic E-state index is -1.09. The van der Waals surface area contributed by atoms with E-state index in [0.717, 1.165) is 0 Å². The minimum absolute atomic E-state index is 0.418. The molecular formula is C5H3NO2S. The van der Waals surface area contributed by atoms with Crippen LogP contribution in [0.5, 0.6) is 0 Å². The van der Waals surface area contributed by atoms with Gasteiger partial charge < -0.3 is 5.32 Å². The smallest absolute Gasteiger partial charge is 0.236 e. The van der Waals surface area contributed by atoms with E-state index in [1.54, 1.807) is 0 Å². The Bertz CT molecular complexity index is 217. The van der Waals surface area contributed by atoms with Gasteiger partial charge in [0.15, 0.2) is 0 Å². The first kappa shape index (κ1) is 6.17. The van der Waals surface area contributed by atoms with Gasteiger partial charge in [0.2, 0.25) is 17.1 Å². The monoisotopic (exact) mass is 141 g/mol. The molecule has 46 valence electrons. The second-order valence-corrected chi connectivity index (χ2v) is 1.97. The molecule has 0 saturated carbocycles. The highest BCUT2D eigenvalue weighted by Gasteiger charge is 2.40. The fourth-order valence-electron chi connectivity index (χ4n) is 0.392. The van der Waals surface area contributed by atoms with Crippen molar-refractivity contribution in [2.75, 3.05) is 0 Å². The molecule has 1 aliphatic carbocycles. The number of amides is 1. The maximum Gasteiger partial charge on any atom is 0.236 e. The molecule has 0 aliphatic heterocycles. The summed E-state index contributed by atoms with van der Waals surface area (Å²) in [5.41, 5.74) is -1.09. The molecule has 0 spiro atoms. The largest absolute Gasteiger partial charge is 0.325 e. The number of hydrogen-bond donors (Lipinski definition) is 2. The van der Waals surface area contributed by atoms with Crippen LogP contribution in [-0.4, -0.2) is 17.1 Å². The average Bonchev–Trinajstić information content (AvgIpc) is 2.49. The van der Waals surface area contributed by atoms with Crippen LogP contribution in [0.2, 0.25) is 0 Å². The van der Waals surface area contributed by atoms with Gasteiger partial charge in [0.25, 0.3) is 0 Å². The Kier molecular flexibility index (Phi) is 1.22. The van der Waals surface area contributed by atoms with Crippen LogP contribution in [0.15, 0.2) is 0 Å². The van der Waals surface area contributed by atoms with Gasteiger partial charge in [-0.2, -0.15) is 0 Å². The molecule has 0 unspecified atom stereocenters. The topological polar surface area (TPSA) is 46.2 Å². The van der Waals surface area contributed by atoms with Gasteiger partial charge in [-0.25, -0.2) is 0 Å². The van der Waals surface area contributed by atoms with Crippen molar-refractivity contribution in [3.63, 3.8) is 0 Å². The lowest BCUT2D eigenvalue weighted by molar-refractivity contribution is -0.117. The first-order chi connectivity index (χ1) is 4.21. The van der Waals surface area contributed by atoms with Crippen molar-refractivity contribution < 1.29 is 9.59 Å². The van der Waals surface area contributed by atoms with Crippen LogP contribution in [-0.2, 0) is 9.59 Å². The Balaban J connectivity index is 2.54. The number of nitrogens with one attached hydrogen (secondary N) is 1. The molecule has 0 saturated heterocycles. The summed E-state index contributed by atoms with van der Waals surface area (Å²) < 4.78 is 0. The molecule has 9 heavy (non-hydrogen) atoms. The zero-order valence-electron chi connectivity index (χ0n) is 4.34. The highest BCUT2D eigenvalue weighted by atomic mass is 32.1. The van der Waals surface area contributed by atoms with Crippen LogP contribution >= 0.6 is 12.6 Å². The molecule has 0 aromatic rings. The molecule has 0 fully saturated rings. The van der Waals surface area contributed by atoms with E-state index < -0.39 is 10.7 Å². The molecule has 1 amide bonds. The fourth-order valence-corrected chi connectivity index (χ4v) is 0.568. The van der Waals surface area contributed by atoms with E-state index in [1.807, 2.05) is 0 Å². The molecule has 0 atom stereocenters. The molecule has 3 nitrogen and oxygen atoms in total. The molecule has 1 aliphatic rings. The second kappa shape index (κ2) is 1.78. The number of carbonyl (C=O) groups is 2.